The summed E-state index contributed by atoms with van der Waals surface area (Å²) < 4.78 is 11.6. The molecule has 0 fully saturated rings. The molecule has 1 aromatic heterocycles. The molecule has 1 N–H and O–H groups in total. The molecule has 2 rings (SSSR count). The number of fused-ring (bicyclic) bond motifs is 1. The minimum Gasteiger partial charge on any atom is -0.459 e. The van der Waals surface area contributed by atoms with Crippen molar-refractivity contribution in [3.05, 3.63) is 35.6 Å². The van der Waals surface area contributed by atoms with Gasteiger partial charge >= 0.3 is 0 Å². The molecule has 0 spiro atoms. The average Bonchev–Trinajstić information content (AvgIpc) is 2.81. The molecule has 0 aliphatic rings. The molecule has 2 aromatic rings. The predicted octanol–water partition coefficient (Wildman–Crippen LogP) is 3.82. The molecular weight excluding hydrogens is 238 g/mol. The van der Waals surface area contributed by atoms with E-state index < -0.39 is 0 Å². The van der Waals surface area contributed by atoms with Gasteiger partial charge in [-0.3, -0.25) is 0 Å². The molecule has 0 amide bonds. The molecule has 1 aromatic carbocycles. The van der Waals surface area contributed by atoms with Crippen LogP contribution in [-0.4, -0.2) is 20.3 Å². The first-order chi connectivity index (χ1) is 9.19. The lowest BCUT2D eigenvalue weighted by molar-refractivity contribution is 0.0568. The van der Waals surface area contributed by atoms with Gasteiger partial charge in [0.05, 0.1) is 12.1 Å². The van der Waals surface area contributed by atoms with Gasteiger partial charge in [-0.15, -0.1) is 0 Å². The van der Waals surface area contributed by atoms with Crippen LogP contribution in [0.3, 0.4) is 0 Å². The second-order valence-corrected chi connectivity index (χ2v) is 5.02. The Kier molecular flexibility index (Phi) is 4.61. The van der Waals surface area contributed by atoms with Gasteiger partial charge in [0.1, 0.15) is 11.3 Å². The van der Waals surface area contributed by atoms with Crippen LogP contribution in [0.4, 0.5) is 0 Å². The van der Waals surface area contributed by atoms with E-state index in [9.17, 15) is 0 Å². The third-order valence-electron chi connectivity index (χ3n) is 3.56. The van der Waals surface area contributed by atoms with Crippen LogP contribution < -0.4 is 5.32 Å². The van der Waals surface area contributed by atoms with Gasteiger partial charge < -0.3 is 14.5 Å². The van der Waals surface area contributed by atoms with E-state index in [1.165, 1.54) is 5.56 Å². The SMILES string of the molecule is CCCC(OC)C(NC)c1cc2cc(C)ccc2o1. The highest BCUT2D eigenvalue weighted by atomic mass is 16.5. The largest absolute Gasteiger partial charge is 0.459 e. The zero-order chi connectivity index (χ0) is 13.8. The van der Waals surface area contributed by atoms with Crippen molar-refractivity contribution in [3.63, 3.8) is 0 Å². The van der Waals surface area contributed by atoms with Gasteiger partial charge in [0.15, 0.2) is 0 Å². The Bertz CT molecular complexity index is 533. The van der Waals surface area contributed by atoms with E-state index in [-0.39, 0.29) is 12.1 Å². The lowest BCUT2D eigenvalue weighted by Crippen LogP contribution is -2.30. The summed E-state index contributed by atoms with van der Waals surface area (Å²) in [6.07, 6.45) is 2.24. The summed E-state index contributed by atoms with van der Waals surface area (Å²) >= 11 is 0. The monoisotopic (exact) mass is 261 g/mol. The van der Waals surface area contributed by atoms with Crippen molar-refractivity contribution in [2.24, 2.45) is 0 Å². The zero-order valence-corrected chi connectivity index (χ0v) is 12.2. The molecule has 19 heavy (non-hydrogen) atoms. The summed E-state index contributed by atoms with van der Waals surface area (Å²) in [6.45, 7) is 4.26. The van der Waals surface area contributed by atoms with Crippen molar-refractivity contribution < 1.29 is 9.15 Å². The smallest absolute Gasteiger partial charge is 0.134 e. The first-order valence-electron chi connectivity index (χ1n) is 6.89. The van der Waals surface area contributed by atoms with Crippen LogP contribution in [0, 0.1) is 6.92 Å². The van der Waals surface area contributed by atoms with Crippen LogP contribution in [0.2, 0.25) is 0 Å². The maximum Gasteiger partial charge on any atom is 0.134 e. The van der Waals surface area contributed by atoms with Crippen molar-refractivity contribution in [1.82, 2.24) is 5.32 Å². The summed E-state index contributed by atoms with van der Waals surface area (Å²) in [7, 11) is 3.71. The van der Waals surface area contributed by atoms with Gasteiger partial charge in [-0.2, -0.15) is 0 Å². The molecule has 0 aliphatic heterocycles. The van der Waals surface area contributed by atoms with Crippen LogP contribution in [0.25, 0.3) is 11.0 Å². The summed E-state index contributed by atoms with van der Waals surface area (Å²) in [5.41, 5.74) is 2.19. The van der Waals surface area contributed by atoms with Gasteiger partial charge in [-0.1, -0.05) is 25.0 Å². The van der Waals surface area contributed by atoms with Crippen molar-refractivity contribution in [1.29, 1.82) is 0 Å². The summed E-state index contributed by atoms with van der Waals surface area (Å²) in [5, 5.41) is 4.47. The molecule has 2 unspecified atom stereocenters. The van der Waals surface area contributed by atoms with E-state index in [2.05, 4.69) is 37.4 Å². The number of furan rings is 1. The molecule has 0 aliphatic carbocycles. The number of aryl methyl sites for hydroxylation is 1. The van der Waals surface area contributed by atoms with Crippen molar-refractivity contribution in [3.8, 4) is 0 Å². The third-order valence-corrected chi connectivity index (χ3v) is 3.56. The summed E-state index contributed by atoms with van der Waals surface area (Å²) in [4.78, 5) is 0. The molecule has 2 atom stereocenters. The first kappa shape index (κ1) is 14.1. The molecule has 1 heterocycles. The number of benzene rings is 1. The quantitative estimate of drug-likeness (QED) is 0.858. The topological polar surface area (TPSA) is 34.4 Å². The Labute approximate surface area is 114 Å². The third kappa shape index (κ3) is 2.99. The number of hydrogen-bond acceptors (Lipinski definition) is 3. The van der Waals surface area contributed by atoms with Crippen LogP contribution in [0.15, 0.2) is 28.7 Å². The van der Waals surface area contributed by atoms with Crippen LogP contribution in [0.1, 0.15) is 37.1 Å². The average molecular weight is 261 g/mol. The first-order valence-corrected chi connectivity index (χ1v) is 6.89. The van der Waals surface area contributed by atoms with Gasteiger partial charge in [0.2, 0.25) is 0 Å². The normalized spacial score (nSPS) is 14.7. The number of rotatable bonds is 6. The highest BCUT2D eigenvalue weighted by Gasteiger charge is 2.24. The van der Waals surface area contributed by atoms with Crippen molar-refractivity contribution in [2.75, 3.05) is 14.2 Å². The Morgan fingerprint density at radius 3 is 2.74 bits per heavy atom. The van der Waals surface area contributed by atoms with E-state index in [0.29, 0.717) is 0 Å². The zero-order valence-electron chi connectivity index (χ0n) is 12.2. The van der Waals surface area contributed by atoms with Gasteiger partial charge in [0.25, 0.3) is 0 Å². The number of ether oxygens (including phenoxy) is 1. The van der Waals surface area contributed by atoms with E-state index in [1.54, 1.807) is 7.11 Å². The molecule has 3 nitrogen and oxygen atoms in total. The number of hydrogen-bond donors (Lipinski definition) is 1. The van der Waals surface area contributed by atoms with Crippen LogP contribution in [0.5, 0.6) is 0 Å². The highest BCUT2D eigenvalue weighted by molar-refractivity contribution is 5.78. The molecular formula is C16H23NO2. The maximum atomic E-state index is 5.96. The second-order valence-electron chi connectivity index (χ2n) is 5.02. The number of nitrogens with one attached hydrogen (secondary N) is 1. The molecule has 0 bridgehead atoms. The van der Waals surface area contributed by atoms with Gasteiger partial charge in [0, 0.05) is 12.5 Å². The molecule has 0 saturated heterocycles. The Hall–Kier alpha value is -1.32. The fraction of sp³-hybridized carbons (Fsp3) is 0.500. The van der Waals surface area contributed by atoms with E-state index in [4.69, 9.17) is 9.15 Å². The van der Waals surface area contributed by atoms with Crippen molar-refractivity contribution >= 4 is 11.0 Å². The highest BCUT2D eigenvalue weighted by Crippen LogP contribution is 2.28. The van der Waals surface area contributed by atoms with E-state index >= 15 is 0 Å². The lowest BCUT2D eigenvalue weighted by atomic mass is 10.0. The fourth-order valence-corrected chi connectivity index (χ4v) is 2.55. The standard InChI is InChI=1S/C16H23NO2/c1-5-6-14(18-4)16(17-3)15-10-12-9-11(2)7-8-13(12)19-15/h7-10,14,16-17H,5-6H2,1-4H3. The summed E-state index contributed by atoms with van der Waals surface area (Å²) in [6, 6.07) is 8.46. The molecule has 3 heteroatoms. The molecule has 0 saturated carbocycles. The van der Waals surface area contributed by atoms with E-state index in [0.717, 1.165) is 29.6 Å². The minimum atomic E-state index is 0.0951. The van der Waals surface area contributed by atoms with Gasteiger partial charge in [-0.25, -0.2) is 0 Å². The number of methoxy groups -OCH3 is 1. The van der Waals surface area contributed by atoms with Crippen molar-refractivity contribution in [2.45, 2.75) is 38.8 Å². The Morgan fingerprint density at radius 1 is 1.32 bits per heavy atom. The molecule has 0 radical (unpaired) electrons. The minimum absolute atomic E-state index is 0.0951. The van der Waals surface area contributed by atoms with E-state index in [1.807, 2.05) is 13.1 Å². The summed E-state index contributed by atoms with van der Waals surface area (Å²) in [5.74, 6) is 0.948. The van der Waals surface area contributed by atoms with Gasteiger partial charge in [-0.05, 0) is 38.6 Å². The number of likely N-dealkylation sites (N-methyl/N-ethyl adjacent to an activating group) is 1. The lowest BCUT2D eigenvalue weighted by Gasteiger charge is -2.23. The van der Waals surface area contributed by atoms with Crippen LogP contribution in [-0.2, 0) is 4.74 Å². The maximum absolute atomic E-state index is 5.96. The Morgan fingerprint density at radius 2 is 2.11 bits per heavy atom. The second kappa shape index (κ2) is 6.22. The fourth-order valence-electron chi connectivity index (χ4n) is 2.55. The molecule has 104 valence electrons. The Balaban J connectivity index is 2.34. The predicted molar refractivity (Wildman–Crippen MR) is 78.5 cm³/mol. The van der Waals surface area contributed by atoms with Crippen LogP contribution >= 0.6 is 0 Å².